The number of nitro groups is 1. The molecule has 8 heteroatoms. The van der Waals surface area contributed by atoms with Crippen LogP contribution in [0.4, 0.5) is 15.8 Å². The van der Waals surface area contributed by atoms with E-state index >= 15 is 0 Å². The van der Waals surface area contributed by atoms with Crippen LogP contribution in [0.25, 0.3) is 5.69 Å². The van der Waals surface area contributed by atoms with E-state index < -0.39 is 4.92 Å². The van der Waals surface area contributed by atoms with Crippen molar-refractivity contribution in [1.82, 2.24) is 4.57 Å². The van der Waals surface area contributed by atoms with E-state index in [1.54, 1.807) is 19.1 Å². The highest BCUT2D eigenvalue weighted by Crippen LogP contribution is 2.33. The third kappa shape index (κ3) is 3.85. The van der Waals surface area contributed by atoms with E-state index in [-0.39, 0.29) is 11.5 Å². The van der Waals surface area contributed by atoms with Crippen molar-refractivity contribution in [2.45, 2.75) is 11.8 Å². The number of non-ortho nitro benzene ring substituents is 1. The molecular formula is C17H13BrFN3O2S. The van der Waals surface area contributed by atoms with Crippen molar-refractivity contribution in [3.63, 3.8) is 0 Å². The number of nitrogens with one attached hydrogen (secondary N) is 1. The fourth-order valence-electron chi connectivity index (χ4n) is 2.27. The van der Waals surface area contributed by atoms with Gasteiger partial charge in [0, 0.05) is 30.2 Å². The number of hydrogen-bond acceptors (Lipinski definition) is 4. The van der Waals surface area contributed by atoms with Crippen molar-refractivity contribution in [1.29, 1.82) is 0 Å². The fourth-order valence-corrected chi connectivity index (χ4v) is 3.46. The first-order chi connectivity index (χ1) is 12.0. The van der Waals surface area contributed by atoms with Crippen molar-refractivity contribution >= 4 is 39.3 Å². The average molecular weight is 422 g/mol. The van der Waals surface area contributed by atoms with Crippen molar-refractivity contribution in [3.8, 4) is 5.69 Å². The Hall–Kier alpha value is -2.32. The van der Waals surface area contributed by atoms with E-state index in [0.717, 1.165) is 16.1 Å². The minimum Gasteiger partial charge on any atom is -0.325 e. The van der Waals surface area contributed by atoms with Gasteiger partial charge < -0.3 is 9.29 Å². The van der Waals surface area contributed by atoms with Crippen LogP contribution in [0.15, 0.2) is 64.2 Å². The largest absolute Gasteiger partial charge is 0.325 e. The maximum atomic E-state index is 13.5. The molecule has 1 aromatic heterocycles. The minimum absolute atomic E-state index is 0.0220. The van der Waals surface area contributed by atoms with Crippen LogP contribution >= 0.6 is 27.9 Å². The molecule has 0 radical (unpaired) electrons. The highest BCUT2D eigenvalue weighted by atomic mass is 79.9. The number of anilines is 1. The molecule has 0 saturated carbocycles. The first kappa shape index (κ1) is 17.5. The lowest BCUT2D eigenvalue weighted by Crippen LogP contribution is -1.98. The van der Waals surface area contributed by atoms with Crippen molar-refractivity contribution in [2.24, 2.45) is 0 Å². The molecule has 1 N–H and O–H groups in total. The molecule has 0 aliphatic heterocycles. The Morgan fingerprint density at radius 3 is 2.64 bits per heavy atom. The lowest BCUT2D eigenvalue weighted by Gasteiger charge is -2.13. The number of hydrogen-bond donors (Lipinski definition) is 1. The van der Waals surface area contributed by atoms with Gasteiger partial charge >= 0.3 is 0 Å². The summed E-state index contributed by atoms with van der Waals surface area (Å²) in [4.78, 5) is 11.4. The van der Waals surface area contributed by atoms with Crippen LogP contribution in [0.2, 0.25) is 0 Å². The van der Waals surface area contributed by atoms with Gasteiger partial charge in [-0.3, -0.25) is 10.1 Å². The van der Waals surface area contributed by atoms with Crippen molar-refractivity contribution in [2.75, 3.05) is 4.72 Å². The Morgan fingerprint density at radius 1 is 1.24 bits per heavy atom. The van der Waals surface area contributed by atoms with Gasteiger partial charge in [0.2, 0.25) is 0 Å². The van der Waals surface area contributed by atoms with Crippen LogP contribution in [0.1, 0.15) is 5.56 Å². The predicted octanol–water partition coefficient (Wildman–Crippen LogP) is 5.71. The number of aryl methyl sites for hydroxylation is 1. The Labute approximate surface area is 156 Å². The van der Waals surface area contributed by atoms with Gasteiger partial charge in [-0.05, 0) is 70.7 Å². The van der Waals surface area contributed by atoms with E-state index in [9.17, 15) is 14.5 Å². The molecule has 5 nitrogen and oxygen atoms in total. The molecule has 25 heavy (non-hydrogen) atoms. The maximum absolute atomic E-state index is 13.5. The van der Waals surface area contributed by atoms with Crippen LogP contribution in [0.3, 0.4) is 0 Å². The second-order valence-electron chi connectivity index (χ2n) is 5.28. The number of halogens is 2. The summed E-state index contributed by atoms with van der Waals surface area (Å²) >= 11 is 4.49. The number of nitro benzene ring substituents is 1. The molecule has 0 fully saturated rings. The van der Waals surface area contributed by atoms with Gasteiger partial charge in [-0.25, -0.2) is 4.39 Å². The second kappa shape index (κ2) is 7.28. The van der Waals surface area contributed by atoms with Crippen LogP contribution in [-0.4, -0.2) is 9.49 Å². The third-order valence-corrected chi connectivity index (χ3v) is 5.07. The molecule has 3 aromatic rings. The molecule has 0 bridgehead atoms. The molecule has 1 heterocycles. The van der Waals surface area contributed by atoms with Crippen LogP contribution in [0, 0.1) is 22.9 Å². The summed E-state index contributed by atoms with van der Waals surface area (Å²) in [6, 6.07) is 11.5. The normalized spacial score (nSPS) is 10.7. The zero-order valence-corrected chi connectivity index (χ0v) is 15.5. The van der Waals surface area contributed by atoms with Crippen molar-refractivity contribution < 1.29 is 9.31 Å². The predicted molar refractivity (Wildman–Crippen MR) is 101 cm³/mol. The van der Waals surface area contributed by atoms with E-state index in [2.05, 4.69) is 20.7 Å². The summed E-state index contributed by atoms with van der Waals surface area (Å²) in [7, 11) is 0. The Bertz CT molecular complexity index is 932. The third-order valence-electron chi connectivity index (χ3n) is 3.57. The van der Waals surface area contributed by atoms with E-state index in [1.165, 1.54) is 30.1 Å². The number of rotatable bonds is 5. The minimum atomic E-state index is -0.421. The van der Waals surface area contributed by atoms with Gasteiger partial charge in [0.15, 0.2) is 0 Å². The number of benzene rings is 2. The quantitative estimate of drug-likeness (QED) is 0.325. The zero-order chi connectivity index (χ0) is 18.0. The first-order valence-corrected chi connectivity index (χ1v) is 8.87. The van der Waals surface area contributed by atoms with E-state index in [4.69, 9.17) is 0 Å². The summed E-state index contributed by atoms with van der Waals surface area (Å²) in [6.07, 6.45) is 3.64. The van der Waals surface area contributed by atoms with Gasteiger partial charge in [-0.15, -0.1) is 0 Å². The van der Waals surface area contributed by atoms with Crippen LogP contribution < -0.4 is 4.72 Å². The SMILES string of the molecule is Cc1cc(F)c(Br)cc1NSc1ccc([N+](=O)[O-])cc1-n1cccc1. The lowest BCUT2D eigenvalue weighted by atomic mass is 10.2. The van der Waals surface area contributed by atoms with Gasteiger partial charge in [0.1, 0.15) is 5.82 Å². The number of aromatic nitrogens is 1. The molecule has 3 rings (SSSR count). The summed E-state index contributed by atoms with van der Waals surface area (Å²) < 4.78 is 18.9. The summed E-state index contributed by atoms with van der Waals surface area (Å²) in [5.41, 5.74) is 2.23. The first-order valence-electron chi connectivity index (χ1n) is 7.26. The molecule has 0 saturated heterocycles. The highest BCUT2D eigenvalue weighted by Gasteiger charge is 2.13. The molecule has 0 atom stereocenters. The molecule has 0 aliphatic carbocycles. The second-order valence-corrected chi connectivity index (χ2v) is 6.99. The summed E-state index contributed by atoms with van der Waals surface area (Å²) in [6.45, 7) is 1.81. The molecule has 0 amide bonds. The topological polar surface area (TPSA) is 60.1 Å². The van der Waals surface area contributed by atoms with Crippen molar-refractivity contribution in [3.05, 3.63) is 80.8 Å². The maximum Gasteiger partial charge on any atom is 0.271 e. The molecule has 0 aliphatic rings. The van der Waals surface area contributed by atoms with Gasteiger partial charge in [0.25, 0.3) is 5.69 Å². The standard InChI is InChI=1S/C17H13BrFN3O2S/c1-11-8-14(19)13(18)10-15(11)20-25-17-5-4-12(22(23)24)9-16(17)21-6-2-3-7-21/h2-10,20H,1H3. The molecule has 0 unspecified atom stereocenters. The van der Waals surface area contributed by atoms with Crippen LogP contribution in [0.5, 0.6) is 0 Å². The average Bonchev–Trinajstić information content (AvgIpc) is 3.11. The van der Waals surface area contributed by atoms with Crippen LogP contribution in [-0.2, 0) is 0 Å². The molecular weight excluding hydrogens is 409 g/mol. The zero-order valence-electron chi connectivity index (χ0n) is 13.1. The fraction of sp³-hybridized carbons (Fsp3) is 0.0588. The molecule has 2 aromatic carbocycles. The monoisotopic (exact) mass is 421 g/mol. The smallest absolute Gasteiger partial charge is 0.271 e. The highest BCUT2D eigenvalue weighted by molar-refractivity contribution is 9.10. The Morgan fingerprint density at radius 2 is 1.96 bits per heavy atom. The summed E-state index contributed by atoms with van der Waals surface area (Å²) in [5.74, 6) is -0.323. The molecule has 0 spiro atoms. The van der Waals surface area contributed by atoms with E-state index in [0.29, 0.717) is 10.2 Å². The van der Waals surface area contributed by atoms with Gasteiger partial charge in [-0.2, -0.15) is 0 Å². The van der Waals surface area contributed by atoms with Gasteiger partial charge in [-0.1, -0.05) is 0 Å². The summed E-state index contributed by atoms with van der Waals surface area (Å²) in [5, 5.41) is 11.1. The molecule has 128 valence electrons. The number of nitrogens with zero attached hydrogens (tertiary/aromatic N) is 2. The Balaban J connectivity index is 1.92. The Kier molecular flexibility index (Phi) is 5.10. The van der Waals surface area contributed by atoms with E-state index in [1.807, 2.05) is 29.1 Å². The lowest BCUT2D eigenvalue weighted by molar-refractivity contribution is -0.384. The van der Waals surface area contributed by atoms with Gasteiger partial charge in [0.05, 0.1) is 20.0 Å².